The van der Waals surface area contributed by atoms with Crippen molar-refractivity contribution in [1.82, 2.24) is 0 Å². The lowest BCUT2D eigenvalue weighted by molar-refractivity contribution is 0.0956. The van der Waals surface area contributed by atoms with Crippen LogP contribution in [0, 0.1) is 5.92 Å². The molecule has 0 N–H and O–H groups in total. The molecule has 1 aromatic rings. The Balaban J connectivity index is 2.79. The van der Waals surface area contributed by atoms with Gasteiger partial charge in [0.1, 0.15) is 0 Å². The molecule has 0 bridgehead atoms. The number of ketones is 1. The summed E-state index contributed by atoms with van der Waals surface area (Å²) in [7, 11) is 0. The van der Waals surface area contributed by atoms with E-state index in [0.29, 0.717) is 18.1 Å². The average molecular weight is 236 g/mol. The van der Waals surface area contributed by atoms with Gasteiger partial charge >= 0.3 is 0 Å². The Labute approximate surface area is 103 Å². The molecule has 1 aromatic carbocycles. The first-order chi connectivity index (χ1) is 7.72. The summed E-state index contributed by atoms with van der Waals surface area (Å²) in [6.45, 7) is 4.31. The molecule has 0 saturated carbocycles. The van der Waals surface area contributed by atoms with Gasteiger partial charge in [0.25, 0.3) is 0 Å². The van der Waals surface area contributed by atoms with Crippen molar-refractivity contribution >= 4 is 17.5 Å². The number of hydrogen-bond donors (Lipinski definition) is 0. The smallest absolute Gasteiger partial charge is 0.164 e. The van der Waals surface area contributed by atoms with Gasteiger partial charge in [-0.05, 0) is 18.2 Å². The zero-order valence-electron chi connectivity index (χ0n) is 10.3. The number of thioether (sulfide) groups is 1. The third kappa shape index (κ3) is 3.38. The van der Waals surface area contributed by atoms with Crippen LogP contribution in [0.15, 0.2) is 29.2 Å². The van der Waals surface area contributed by atoms with E-state index >= 15 is 0 Å². The maximum atomic E-state index is 12.1. The van der Waals surface area contributed by atoms with Crippen LogP contribution in [-0.4, -0.2) is 12.0 Å². The van der Waals surface area contributed by atoms with Gasteiger partial charge in [-0.3, -0.25) is 4.79 Å². The van der Waals surface area contributed by atoms with E-state index in [4.69, 9.17) is 0 Å². The highest BCUT2D eigenvalue weighted by atomic mass is 32.2. The lowest BCUT2D eigenvalue weighted by atomic mass is 9.94. The van der Waals surface area contributed by atoms with Crippen LogP contribution in [0.25, 0.3) is 0 Å². The third-order valence-electron chi connectivity index (χ3n) is 3.04. The largest absolute Gasteiger partial charge is 0.294 e. The molecule has 0 heterocycles. The molecule has 0 aliphatic rings. The normalized spacial score (nSPS) is 10.8. The van der Waals surface area contributed by atoms with Gasteiger partial charge in [-0.1, -0.05) is 44.9 Å². The van der Waals surface area contributed by atoms with Gasteiger partial charge in [0.05, 0.1) is 0 Å². The van der Waals surface area contributed by atoms with E-state index in [1.54, 1.807) is 11.8 Å². The van der Waals surface area contributed by atoms with Crippen molar-refractivity contribution in [2.45, 2.75) is 38.0 Å². The molecular formula is C14H20OS. The summed E-state index contributed by atoms with van der Waals surface area (Å²) in [6.07, 6.45) is 4.88. The second-order valence-electron chi connectivity index (χ2n) is 4.01. The minimum absolute atomic E-state index is 0.290. The highest BCUT2D eigenvalue weighted by molar-refractivity contribution is 7.98. The Kier molecular flexibility index (Phi) is 5.61. The summed E-state index contributed by atoms with van der Waals surface area (Å²) in [6, 6.07) is 7.89. The number of carbonyl (C=O) groups excluding carboxylic acids is 1. The second-order valence-corrected chi connectivity index (χ2v) is 4.86. The van der Waals surface area contributed by atoms with Crippen molar-refractivity contribution < 1.29 is 4.79 Å². The molecule has 0 amide bonds. The Hall–Kier alpha value is -0.760. The molecule has 1 nitrogen and oxygen atoms in total. The molecule has 16 heavy (non-hydrogen) atoms. The fraction of sp³-hybridized carbons (Fsp3) is 0.500. The standard InChI is InChI=1S/C14H20OS/c1-4-11(5-2)10-13(15)12-8-6-7-9-14(12)16-3/h6-9,11H,4-5,10H2,1-3H3. The average Bonchev–Trinajstić information content (AvgIpc) is 2.35. The summed E-state index contributed by atoms with van der Waals surface area (Å²) in [5.41, 5.74) is 0.891. The summed E-state index contributed by atoms with van der Waals surface area (Å²) < 4.78 is 0. The first kappa shape index (κ1) is 13.3. The van der Waals surface area contributed by atoms with E-state index in [1.807, 2.05) is 30.5 Å². The van der Waals surface area contributed by atoms with E-state index in [9.17, 15) is 4.79 Å². The molecule has 0 unspecified atom stereocenters. The second kappa shape index (κ2) is 6.74. The molecule has 0 aliphatic heterocycles. The van der Waals surface area contributed by atoms with E-state index < -0.39 is 0 Å². The maximum Gasteiger partial charge on any atom is 0.164 e. The predicted octanol–water partition coefficient (Wildman–Crippen LogP) is 4.42. The van der Waals surface area contributed by atoms with Crippen LogP contribution in [-0.2, 0) is 0 Å². The summed E-state index contributed by atoms with van der Waals surface area (Å²) in [4.78, 5) is 13.2. The van der Waals surface area contributed by atoms with Gasteiger partial charge in [0.15, 0.2) is 5.78 Å². The molecule has 0 aliphatic carbocycles. The molecule has 0 spiro atoms. The number of rotatable bonds is 6. The molecule has 0 fully saturated rings. The first-order valence-electron chi connectivity index (χ1n) is 5.89. The number of hydrogen-bond acceptors (Lipinski definition) is 2. The number of carbonyl (C=O) groups is 1. The van der Waals surface area contributed by atoms with Crippen molar-refractivity contribution in [3.05, 3.63) is 29.8 Å². The lowest BCUT2D eigenvalue weighted by Gasteiger charge is -2.12. The van der Waals surface area contributed by atoms with Crippen LogP contribution in [0.5, 0.6) is 0 Å². The summed E-state index contributed by atoms with van der Waals surface area (Å²) >= 11 is 1.65. The van der Waals surface area contributed by atoms with Crippen LogP contribution in [0.2, 0.25) is 0 Å². The number of Topliss-reactive ketones (excluding diaryl/α,β-unsaturated/α-hetero) is 1. The highest BCUT2D eigenvalue weighted by Gasteiger charge is 2.14. The van der Waals surface area contributed by atoms with Crippen molar-refractivity contribution in [2.75, 3.05) is 6.26 Å². The minimum atomic E-state index is 0.290. The predicted molar refractivity (Wildman–Crippen MR) is 71.2 cm³/mol. The van der Waals surface area contributed by atoms with E-state index in [2.05, 4.69) is 13.8 Å². The molecular weight excluding hydrogens is 216 g/mol. The monoisotopic (exact) mass is 236 g/mol. The topological polar surface area (TPSA) is 17.1 Å². The zero-order chi connectivity index (χ0) is 12.0. The van der Waals surface area contributed by atoms with Crippen LogP contribution in [0.3, 0.4) is 0 Å². The molecule has 0 radical (unpaired) electrons. The van der Waals surface area contributed by atoms with Crippen LogP contribution in [0.1, 0.15) is 43.5 Å². The minimum Gasteiger partial charge on any atom is -0.294 e. The van der Waals surface area contributed by atoms with Gasteiger partial charge in [-0.15, -0.1) is 11.8 Å². The summed E-state index contributed by atoms with van der Waals surface area (Å²) in [5, 5.41) is 0. The van der Waals surface area contributed by atoms with Gasteiger partial charge in [-0.2, -0.15) is 0 Å². The highest BCUT2D eigenvalue weighted by Crippen LogP contribution is 2.24. The SMILES string of the molecule is CCC(CC)CC(=O)c1ccccc1SC. The quantitative estimate of drug-likeness (QED) is 0.537. The Bertz CT molecular complexity index is 342. The van der Waals surface area contributed by atoms with Crippen LogP contribution in [0.4, 0.5) is 0 Å². The van der Waals surface area contributed by atoms with Gasteiger partial charge in [-0.25, -0.2) is 0 Å². The molecule has 0 saturated heterocycles. The van der Waals surface area contributed by atoms with Crippen molar-refractivity contribution in [3.63, 3.8) is 0 Å². The van der Waals surface area contributed by atoms with E-state index in [1.165, 1.54) is 0 Å². The Morgan fingerprint density at radius 1 is 1.25 bits per heavy atom. The van der Waals surface area contributed by atoms with E-state index in [-0.39, 0.29) is 0 Å². The fourth-order valence-corrected chi connectivity index (χ4v) is 2.44. The Morgan fingerprint density at radius 3 is 2.44 bits per heavy atom. The van der Waals surface area contributed by atoms with Gasteiger partial charge in [0, 0.05) is 16.9 Å². The molecule has 0 aromatic heterocycles. The third-order valence-corrected chi connectivity index (χ3v) is 3.83. The van der Waals surface area contributed by atoms with Crippen LogP contribution >= 0.6 is 11.8 Å². The van der Waals surface area contributed by atoms with Crippen molar-refractivity contribution in [2.24, 2.45) is 5.92 Å². The molecule has 2 heteroatoms. The van der Waals surface area contributed by atoms with Crippen LogP contribution < -0.4 is 0 Å². The molecule has 88 valence electrons. The lowest BCUT2D eigenvalue weighted by Crippen LogP contribution is -2.08. The molecule has 0 atom stereocenters. The fourth-order valence-electron chi connectivity index (χ4n) is 1.82. The first-order valence-corrected chi connectivity index (χ1v) is 7.11. The van der Waals surface area contributed by atoms with E-state index in [0.717, 1.165) is 23.3 Å². The maximum absolute atomic E-state index is 12.1. The van der Waals surface area contributed by atoms with Crippen molar-refractivity contribution in [3.8, 4) is 0 Å². The zero-order valence-corrected chi connectivity index (χ0v) is 11.1. The summed E-state index contributed by atoms with van der Waals surface area (Å²) in [5.74, 6) is 0.820. The number of benzene rings is 1. The van der Waals surface area contributed by atoms with Crippen molar-refractivity contribution in [1.29, 1.82) is 0 Å². The van der Waals surface area contributed by atoms with Gasteiger partial charge < -0.3 is 0 Å². The molecule has 1 rings (SSSR count). The Morgan fingerprint density at radius 2 is 1.88 bits per heavy atom. The van der Waals surface area contributed by atoms with Gasteiger partial charge in [0.2, 0.25) is 0 Å².